The average Bonchev–Trinajstić information content (AvgIpc) is 3.52. The molecular weight excluding hydrogens is 434 g/mol. The highest BCUT2D eigenvalue weighted by Gasteiger charge is 2.33. The van der Waals surface area contributed by atoms with Crippen molar-refractivity contribution < 1.29 is 24.2 Å². The molecule has 8 nitrogen and oxygen atoms in total. The van der Waals surface area contributed by atoms with Crippen LogP contribution in [0, 0.1) is 0 Å². The zero-order valence-electron chi connectivity index (χ0n) is 18.8. The molecule has 0 saturated heterocycles. The first-order valence-corrected chi connectivity index (χ1v) is 11.3. The van der Waals surface area contributed by atoms with Crippen LogP contribution in [0.5, 0.6) is 17.4 Å². The van der Waals surface area contributed by atoms with Crippen molar-refractivity contribution in [1.29, 1.82) is 0 Å². The SMILES string of the molecule is COc1ccc(C(=O)c2c(O)c(O)n(-c3ccc(-c4nnco4)cc3)c2C2CCCCC2)cc1. The summed E-state index contributed by atoms with van der Waals surface area (Å²) in [6, 6.07) is 13.9. The molecule has 0 bridgehead atoms. The van der Waals surface area contributed by atoms with Gasteiger partial charge in [-0.2, -0.15) is 0 Å². The lowest BCUT2D eigenvalue weighted by Crippen LogP contribution is -2.14. The van der Waals surface area contributed by atoms with Crippen molar-refractivity contribution in [3.05, 3.63) is 71.7 Å². The van der Waals surface area contributed by atoms with Crippen molar-refractivity contribution in [2.24, 2.45) is 0 Å². The molecule has 1 saturated carbocycles. The molecule has 2 heterocycles. The van der Waals surface area contributed by atoms with Crippen LogP contribution in [0.15, 0.2) is 59.3 Å². The third-order valence-electron chi connectivity index (χ3n) is 6.46. The van der Waals surface area contributed by atoms with Crippen LogP contribution in [0.3, 0.4) is 0 Å². The maximum absolute atomic E-state index is 13.6. The van der Waals surface area contributed by atoms with E-state index in [2.05, 4.69) is 10.2 Å². The van der Waals surface area contributed by atoms with Crippen LogP contribution in [-0.2, 0) is 0 Å². The zero-order chi connectivity index (χ0) is 23.7. The molecule has 0 unspecified atom stereocenters. The minimum absolute atomic E-state index is 0.0355. The van der Waals surface area contributed by atoms with Crippen molar-refractivity contribution in [3.63, 3.8) is 0 Å². The van der Waals surface area contributed by atoms with E-state index in [-0.39, 0.29) is 23.1 Å². The molecule has 34 heavy (non-hydrogen) atoms. The fourth-order valence-electron chi connectivity index (χ4n) is 4.75. The Morgan fingerprint density at radius 3 is 2.35 bits per heavy atom. The summed E-state index contributed by atoms with van der Waals surface area (Å²) in [5, 5.41) is 29.6. The first kappa shape index (κ1) is 21.8. The molecule has 4 aromatic rings. The maximum Gasteiger partial charge on any atom is 0.247 e. The normalized spacial score (nSPS) is 14.3. The molecule has 2 aromatic carbocycles. The third-order valence-corrected chi connectivity index (χ3v) is 6.46. The first-order chi connectivity index (χ1) is 16.6. The highest BCUT2D eigenvalue weighted by molar-refractivity contribution is 6.12. The number of rotatable bonds is 6. The average molecular weight is 460 g/mol. The van der Waals surface area contributed by atoms with Crippen molar-refractivity contribution in [1.82, 2.24) is 14.8 Å². The zero-order valence-corrected chi connectivity index (χ0v) is 18.8. The summed E-state index contributed by atoms with van der Waals surface area (Å²) >= 11 is 0. The quantitative estimate of drug-likeness (QED) is 0.380. The van der Waals surface area contributed by atoms with Gasteiger partial charge in [0.1, 0.15) is 5.75 Å². The number of ether oxygens (including phenoxy) is 1. The van der Waals surface area contributed by atoms with Gasteiger partial charge in [0.05, 0.1) is 12.7 Å². The highest BCUT2D eigenvalue weighted by atomic mass is 16.5. The Morgan fingerprint density at radius 2 is 1.74 bits per heavy atom. The summed E-state index contributed by atoms with van der Waals surface area (Å²) in [7, 11) is 1.56. The van der Waals surface area contributed by atoms with Gasteiger partial charge in [-0.1, -0.05) is 19.3 Å². The van der Waals surface area contributed by atoms with Crippen molar-refractivity contribution in [3.8, 4) is 34.5 Å². The van der Waals surface area contributed by atoms with E-state index in [0.717, 1.165) is 37.7 Å². The van der Waals surface area contributed by atoms with Crippen LogP contribution < -0.4 is 4.74 Å². The van der Waals surface area contributed by atoms with Crippen molar-refractivity contribution in [2.45, 2.75) is 38.0 Å². The second-order valence-corrected chi connectivity index (χ2v) is 8.45. The summed E-state index contributed by atoms with van der Waals surface area (Å²) in [4.78, 5) is 13.6. The van der Waals surface area contributed by atoms with E-state index in [4.69, 9.17) is 9.15 Å². The standard InChI is InChI=1S/C26H25N3O5/c1-33-20-13-9-17(10-14-20)23(30)21-22(16-5-3-2-4-6-16)29(26(32)24(21)31)19-11-7-18(8-12-19)25-28-27-15-34-25/h7-16,31-32H,2-6H2,1H3. The molecule has 174 valence electrons. The number of carbonyl (C=O) groups is 1. The third kappa shape index (κ3) is 3.81. The molecule has 2 N–H and O–H groups in total. The van der Waals surface area contributed by atoms with Crippen molar-refractivity contribution in [2.75, 3.05) is 7.11 Å². The van der Waals surface area contributed by atoms with E-state index >= 15 is 0 Å². The number of aromatic hydroxyl groups is 2. The topological polar surface area (TPSA) is 111 Å². The van der Waals surface area contributed by atoms with Gasteiger partial charge in [-0.05, 0) is 61.4 Å². The fourth-order valence-corrected chi connectivity index (χ4v) is 4.75. The molecule has 0 atom stereocenters. The molecule has 0 amide bonds. The second-order valence-electron chi connectivity index (χ2n) is 8.45. The smallest absolute Gasteiger partial charge is 0.247 e. The number of hydrogen-bond acceptors (Lipinski definition) is 7. The molecule has 1 aliphatic rings. The number of benzene rings is 2. The Bertz CT molecular complexity index is 1290. The lowest BCUT2D eigenvalue weighted by atomic mass is 9.84. The maximum atomic E-state index is 13.6. The van der Waals surface area contributed by atoms with Gasteiger partial charge in [-0.15, -0.1) is 10.2 Å². The fraction of sp³-hybridized carbons (Fsp3) is 0.269. The highest BCUT2D eigenvalue weighted by Crippen LogP contribution is 2.46. The van der Waals surface area contributed by atoms with E-state index < -0.39 is 5.75 Å². The Morgan fingerprint density at radius 1 is 1.03 bits per heavy atom. The van der Waals surface area contributed by atoms with E-state index in [1.807, 2.05) is 0 Å². The number of methoxy groups -OCH3 is 1. The number of hydrogen-bond donors (Lipinski definition) is 2. The Labute approximate surface area is 196 Å². The van der Waals surface area contributed by atoms with Crippen LogP contribution >= 0.6 is 0 Å². The van der Waals surface area contributed by atoms with Gasteiger partial charge in [-0.3, -0.25) is 9.36 Å². The molecule has 2 aromatic heterocycles. The summed E-state index contributed by atoms with van der Waals surface area (Å²) in [6.07, 6.45) is 6.22. The Hall–Kier alpha value is -4.07. The van der Waals surface area contributed by atoms with Gasteiger partial charge in [0, 0.05) is 28.4 Å². The second kappa shape index (κ2) is 9.05. The predicted molar refractivity (Wildman–Crippen MR) is 125 cm³/mol. The number of ketones is 1. The molecule has 0 radical (unpaired) electrons. The Balaban J connectivity index is 1.63. The van der Waals surface area contributed by atoms with E-state index in [1.165, 1.54) is 6.39 Å². The monoisotopic (exact) mass is 459 g/mol. The lowest BCUT2D eigenvalue weighted by molar-refractivity contribution is 0.103. The van der Waals surface area contributed by atoms with Crippen LogP contribution in [-0.4, -0.2) is 37.9 Å². The number of carbonyl (C=O) groups excluding carboxylic acids is 1. The molecule has 1 fully saturated rings. The molecule has 0 aliphatic heterocycles. The van der Waals surface area contributed by atoms with Gasteiger partial charge in [0.2, 0.25) is 18.2 Å². The molecule has 8 heteroatoms. The van der Waals surface area contributed by atoms with Crippen molar-refractivity contribution >= 4 is 5.78 Å². The summed E-state index contributed by atoms with van der Waals surface area (Å²) < 4.78 is 12.0. The lowest BCUT2D eigenvalue weighted by Gasteiger charge is -2.24. The number of nitrogens with zero attached hydrogens (tertiary/aromatic N) is 3. The predicted octanol–water partition coefficient (Wildman–Crippen LogP) is 5.23. The van der Waals surface area contributed by atoms with E-state index in [1.54, 1.807) is 60.2 Å². The minimum Gasteiger partial charge on any atom is -0.503 e. The van der Waals surface area contributed by atoms with Gasteiger partial charge < -0.3 is 19.4 Å². The summed E-state index contributed by atoms with van der Waals surface area (Å²) in [5.41, 5.74) is 2.56. The van der Waals surface area contributed by atoms with Gasteiger partial charge in [0.25, 0.3) is 0 Å². The first-order valence-electron chi connectivity index (χ1n) is 11.3. The van der Waals surface area contributed by atoms with Crippen LogP contribution in [0.25, 0.3) is 17.1 Å². The van der Waals surface area contributed by atoms with Gasteiger partial charge >= 0.3 is 0 Å². The molecule has 5 rings (SSSR count). The molecule has 1 aliphatic carbocycles. The summed E-state index contributed by atoms with van der Waals surface area (Å²) in [6.45, 7) is 0. The minimum atomic E-state index is -0.401. The van der Waals surface area contributed by atoms with Gasteiger partial charge in [-0.25, -0.2) is 0 Å². The number of aromatic nitrogens is 3. The van der Waals surface area contributed by atoms with Gasteiger partial charge in [0.15, 0.2) is 11.5 Å². The summed E-state index contributed by atoms with van der Waals surface area (Å²) in [5.74, 6) is -0.0278. The van der Waals surface area contributed by atoms with E-state index in [9.17, 15) is 15.0 Å². The molecular formula is C26H25N3O5. The largest absolute Gasteiger partial charge is 0.503 e. The van der Waals surface area contributed by atoms with Crippen LogP contribution in [0.4, 0.5) is 0 Å². The Kier molecular flexibility index (Phi) is 5.79. The van der Waals surface area contributed by atoms with Crippen LogP contribution in [0.2, 0.25) is 0 Å². The molecule has 0 spiro atoms. The van der Waals surface area contributed by atoms with E-state index in [0.29, 0.717) is 28.6 Å². The van der Waals surface area contributed by atoms with Crippen LogP contribution in [0.1, 0.15) is 59.6 Å².